The summed E-state index contributed by atoms with van der Waals surface area (Å²) in [6.07, 6.45) is 1.77. The molecule has 0 atom stereocenters. The molecule has 0 fully saturated rings. The van der Waals surface area contributed by atoms with Crippen LogP contribution in [-0.4, -0.2) is 30.0 Å². The van der Waals surface area contributed by atoms with Gasteiger partial charge in [0, 0.05) is 76.8 Å². The molecule has 7 heteroatoms. The molecule has 0 aliphatic carbocycles. The Morgan fingerprint density at radius 1 is 0.711 bits per heavy atom. The van der Waals surface area contributed by atoms with Crippen LogP contribution in [-0.2, 0) is 0 Å². The minimum atomic E-state index is -0.164. The number of fused-ring (bicyclic) bond motifs is 1. The lowest BCUT2D eigenvalue weighted by molar-refractivity contribution is 0.102. The monoisotopic (exact) mass is 502 g/mol. The third-order valence-corrected chi connectivity index (χ3v) is 6.19. The van der Waals surface area contributed by atoms with Crippen molar-refractivity contribution in [2.45, 2.75) is 13.8 Å². The second kappa shape index (κ2) is 10.6. The van der Waals surface area contributed by atoms with Crippen LogP contribution in [0.2, 0.25) is 0 Å². The zero-order chi connectivity index (χ0) is 26.6. The van der Waals surface area contributed by atoms with Crippen LogP contribution in [0.3, 0.4) is 0 Å². The molecule has 2 heterocycles. The van der Waals surface area contributed by atoms with Gasteiger partial charge in [-0.3, -0.25) is 14.8 Å². The number of nitrogens with one attached hydrogen (secondary N) is 3. The molecule has 0 saturated carbocycles. The molecular formula is C31H30N6O. The molecule has 0 radical (unpaired) electrons. The van der Waals surface area contributed by atoms with Gasteiger partial charge in [-0.25, -0.2) is 0 Å². The molecule has 1 amide bonds. The first-order valence-corrected chi connectivity index (χ1v) is 12.4. The van der Waals surface area contributed by atoms with Crippen LogP contribution in [0.15, 0.2) is 91.1 Å². The highest BCUT2D eigenvalue weighted by atomic mass is 16.1. The Labute approximate surface area is 222 Å². The molecule has 0 saturated heterocycles. The Morgan fingerprint density at radius 3 is 2.11 bits per heavy atom. The van der Waals surface area contributed by atoms with E-state index in [9.17, 15) is 4.79 Å². The van der Waals surface area contributed by atoms with Gasteiger partial charge in [0.25, 0.3) is 5.91 Å². The molecule has 0 unspecified atom stereocenters. The predicted molar refractivity (Wildman–Crippen MR) is 157 cm³/mol. The Morgan fingerprint density at radius 2 is 1.39 bits per heavy atom. The molecule has 38 heavy (non-hydrogen) atoms. The van der Waals surface area contributed by atoms with Gasteiger partial charge in [0.1, 0.15) is 0 Å². The number of hydrogen-bond acceptors (Lipinski definition) is 6. The summed E-state index contributed by atoms with van der Waals surface area (Å²) >= 11 is 0. The Bertz CT molecular complexity index is 1590. The summed E-state index contributed by atoms with van der Waals surface area (Å²) in [7, 11) is 4.04. The van der Waals surface area contributed by atoms with Crippen LogP contribution in [0.4, 0.5) is 34.1 Å². The largest absolute Gasteiger partial charge is 0.378 e. The third-order valence-electron chi connectivity index (χ3n) is 6.19. The number of amides is 1. The summed E-state index contributed by atoms with van der Waals surface area (Å²) in [6.45, 7) is 3.94. The van der Waals surface area contributed by atoms with Crippen molar-refractivity contribution in [3.63, 3.8) is 0 Å². The average molecular weight is 503 g/mol. The van der Waals surface area contributed by atoms with E-state index in [1.807, 2.05) is 101 Å². The van der Waals surface area contributed by atoms with Crippen LogP contribution >= 0.6 is 0 Å². The van der Waals surface area contributed by atoms with Gasteiger partial charge in [-0.1, -0.05) is 0 Å². The van der Waals surface area contributed by atoms with Gasteiger partial charge in [0.2, 0.25) is 0 Å². The number of aryl methyl sites for hydroxylation is 2. The van der Waals surface area contributed by atoms with Gasteiger partial charge >= 0.3 is 0 Å². The molecule has 5 aromatic rings. The third kappa shape index (κ3) is 5.73. The fourth-order valence-electron chi connectivity index (χ4n) is 4.22. The van der Waals surface area contributed by atoms with Crippen molar-refractivity contribution < 1.29 is 4.79 Å². The van der Waals surface area contributed by atoms with Gasteiger partial charge in [0.05, 0.1) is 5.52 Å². The quantitative estimate of drug-likeness (QED) is 0.221. The van der Waals surface area contributed by atoms with Gasteiger partial charge in [-0.15, -0.1) is 0 Å². The fraction of sp³-hybridized carbons (Fsp3) is 0.129. The summed E-state index contributed by atoms with van der Waals surface area (Å²) in [4.78, 5) is 23.8. The molecule has 5 rings (SSSR count). The topological polar surface area (TPSA) is 82.2 Å². The van der Waals surface area contributed by atoms with Crippen molar-refractivity contribution in [1.29, 1.82) is 0 Å². The Kier molecular flexibility index (Phi) is 6.91. The molecular weight excluding hydrogens is 472 g/mol. The predicted octanol–water partition coefficient (Wildman–Crippen LogP) is 7.05. The first-order valence-electron chi connectivity index (χ1n) is 12.4. The number of carbonyl (C=O) groups is 1. The summed E-state index contributed by atoms with van der Waals surface area (Å²) in [5.74, 6) is -0.164. The normalized spacial score (nSPS) is 10.7. The summed E-state index contributed by atoms with van der Waals surface area (Å²) in [5.41, 5.74) is 9.00. The molecule has 2 aromatic heterocycles. The van der Waals surface area contributed by atoms with Crippen molar-refractivity contribution in [2.24, 2.45) is 0 Å². The lowest BCUT2D eigenvalue weighted by atomic mass is 10.1. The molecule has 3 aromatic carbocycles. The first kappa shape index (κ1) is 24.8. The SMILES string of the molecule is Cc1cc(Nc2ccc(NC(=O)c3ccc(Nc4cc(C)nc5ccc(N(C)C)cc45)cc3)cc2)ccn1. The minimum Gasteiger partial charge on any atom is -0.378 e. The summed E-state index contributed by atoms with van der Waals surface area (Å²) in [6, 6.07) is 27.3. The Balaban J connectivity index is 1.26. The number of aromatic nitrogens is 2. The van der Waals surface area contributed by atoms with E-state index in [1.165, 1.54) is 0 Å². The number of pyridine rings is 2. The second-order valence-corrected chi connectivity index (χ2v) is 9.45. The van der Waals surface area contributed by atoms with Gasteiger partial charge in [0.15, 0.2) is 0 Å². The molecule has 190 valence electrons. The number of anilines is 6. The van der Waals surface area contributed by atoms with E-state index in [0.29, 0.717) is 5.56 Å². The zero-order valence-corrected chi connectivity index (χ0v) is 21.9. The Hall–Kier alpha value is -4.91. The molecule has 0 bridgehead atoms. The molecule has 0 spiro atoms. The van der Waals surface area contributed by atoms with Crippen molar-refractivity contribution >= 4 is 50.9 Å². The summed E-state index contributed by atoms with van der Waals surface area (Å²) < 4.78 is 0. The molecule has 7 nitrogen and oxygen atoms in total. The first-order chi connectivity index (χ1) is 18.3. The van der Waals surface area contributed by atoms with E-state index >= 15 is 0 Å². The van der Waals surface area contributed by atoms with Gasteiger partial charge in [-0.05, 0) is 98.8 Å². The highest BCUT2D eigenvalue weighted by Gasteiger charge is 2.09. The maximum absolute atomic E-state index is 12.9. The van der Waals surface area contributed by atoms with Gasteiger partial charge < -0.3 is 20.9 Å². The van der Waals surface area contributed by atoms with Crippen LogP contribution in [0.25, 0.3) is 10.9 Å². The smallest absolute Gasteiger partial charge is 0.255 e. The molecule has 0 aliphatic rings. The highest BCUT2D eigenvalue weighted by Crippen LogP contribution is 2.30. The number of benzene rings is 3. The number of hydrogen-bond donors (Lipinski definition) is 3. The van der Waals surface area contributed by atoms with E-state index < -0.39 is 0 Å². The molecule has 3 N–H and O–H groups in total. The van der Waals surface area contributed by atoms with Crippen molar-refractivity contribution in [3.8, 4) is 0 Å². The zero-order valence-electron chi connectivity index (χ0n) is 21.9. The van der Waals surface area contributed by atoms with Crippen molar-refractivity contribution in [2.75, 3.05) is 34.9 Å². The fourth-order valence-corrected chi connectivity index (χ4v) is 4.22. The van der Waals surface area contributed by atoms with E-state index in [-0.39, 0.29) is 5.91 Å². The summed E-state index contributed by atoms with van der Waals surface area (Å²) in [5, 5.41) is 10.8. The minimum absolute atomic E-state index is 0.164. The standard InChI is InChI=1S/C31H30N6O/c1-20-17-26(15-16-32-20)34-23-9-11-25(12-10-23)36-31(38)22-5-7-24(8-6-22)35-30-18-21(2)33-29-14-13-27(37(3)4)19-28(29)30/h5-19H,1-4H3,(H,32,34)(H,33,35)(H,36,38). The van der Waals surface area contributed by atoms with E-state index in [0.717, 1.165) is 56.4 Å². The number of rotatable bonds is 7. The van der Waals surface area contributed by atoms with Crippen molar-refractivity contribution in [1.82, 2.24) is 9.97 Å². The average Bonchev–Trinajstić information content (AvgIpc) is 2.90. The van der Waals surface area contributed by atoms with E-state index in [4.69, 9.17) is 0 Å². The maximum Gasteiger partial charge on any atom is 0.255 e. The lowest BCUT2D eigenvalue weighted by Crippen LogP contribution is -2.11. The van der Waals surface area contributed by atoms with Crippen LogP contribution < -0.4 is 20.9 Å². The highest BCUT2D eigenvalue weighted by molar-refractivity contribution is 6.04. The number of carbonyl (C=O) groups excluding carboxylic acids is 1. The van der Waals surface area contributed by atoms with Crippen molar-refractivity contribution in [3.05, 3.63) is 108 Å². The van der Waals surface area contributed by atoms with E-state index in [1.54, 1.807) is 6.20 Å². The maximum atomic E-state index is 12.9. The van der Waals surface area contributed by atoms with E-state index in [2.05, 4.69) is 43.0 Å². The van der Waals surface area contributed by atoms with Crippen LogP contribution in [0, 0.1) is 13.8 Å². The van der Waals surface area contributed by atoms with Gasteiger partial charge in [-0.2, -0.15) is 0 Å². The second-order valence-electron chi connectivity index (χ2n) is 9.45. The van der Waals surface area contributed by atoms with Crippen LogP contribution in [0.1, 0.15) is 21.7 Å². The lowest BCUT2D eigenvalue weighted by Gasteiger charge is -2.16. The number of nitrogens with zero attached hydrogens (tertiary/aromatic N) is 3. The molecule has 0 aliphatic heterocycles. The van der Waals surface area contributed by atoms with Crippen LogP contribution in [0.5, 0.6) is 0 Å².